The van der Waals surface area contributed by atoms with E-state index in [1.54, 1.807) is 6.07 Å². The fourth-order valence-corrected chi connectivity index (χ4v) is 5.33. The largest absolute Gasteiger partial charge is 0.373 e. The number of nitrogens with one attached hydrogen (secondary N) is 2. The van der Waals surface area contributed by atoms with Gasteiger partial charge in [0.1, 0.15) is 11.9 Å². The molecule has 2 amide bonds. The molecule has 4 rings (SSSR count). The molecule has 1 saturated heterocycles. The lowest BCUT2D eigenvalue weighted by Gasteiger charge is -2.43. The molecule has 0 radical (unpaired) electrons. The average molecular weight is 431 g/mol. The van der Waals surface area contributed by atoms with Gasteiger partial charge < -0.3 is 15.5 Å². The van der Waals surface area contributed by atoms with Crippen LogP contribution in [-0.4, -0.2) is 65.9 Å². The maximum atomic E-state index is 14.1. The number of aryl methyl sites for hydroxylation is 1. The van der Waals surface area contributed by atoms with Crippen LogP contribution in [0.5, 0.6) is 0 Å². The maximum Gasteiger partial charge on any atom is 0.243 e. The highest BCUT2D eigenvalue weighted by Gasteiger charge is 2.34. The summed E-state index contributed by atoms with van der Waals surface area (Å²) in [5.74, 6) is 0.0165. The fraction of sp³-hybridized carbons (Fsp3) is 0.667. The molecule has 0 bridgehead atoms. The topological polar surface area (TPSA) is 64.7 Å². The number of benzene rings is 1. The van der Waals surface area contributed by atoms with Gasteiger partial charge in [0, 0.05) is 61.9 Å². The van der Waals surface area contributed by atoms with Gasteiger partial charge in [0.05, 0.1) is 0 Å². The molecule has 3 aliphatic rings. The molecule has 6 nitrogen and oxygen atoms in total. The van der Waals surface area contributed by atoms with E-state index in [1.807, 2.05) is 25.7 Å². The molecule has 2 heterocycles. The zero-order valence-corrected chi connectivity index (χ0v) is 18.9. The van der Waals surface area contributed by atoms with Crippen LogP contribution in [0, 0.1) is 18.7 Å². The molecule has 31 heavy (non-hydrogen) atoms. The Balaban J connectivity index is 1.29. The van der Waals surface area contributed by atoms with Gasteiger partial charge in [0.15, 0.2) is 0 Å². The van der Waals surface area contributed by atoms with Crippen molar-refractivity contribution in [3.8, 4) is 0 Å². The summed E-state index contributed by atoms with van der Waals surface area (Å²) in [4.78, 5) is 29.6. The molecule has 0 spiro atoms. The molecule has 170 valence electrons. The van der Waals surface area contributed by atoms with Crippen molar-refractivity contribution in [3.05, 3.63) is 29.1 Å². The Morgan fingerprint density at radius 2 is 1.90 bits per heavy atom. The number of piperazine rings is 1. The highest BCUT2D eigenvalue weighted by Crippen LogP contribution is 2.32. The van der Waals surface area contributed by atoms with Gasteiger partial charge in [-0.1, -0.05) is 19.9 Å². The van der Waals surface area contributed by atoms with Crippen LogP contribution in [0.25, 0.3) is 0 Å². The third-order valence-corrected chi connectivity index (χ3v) is 7.14. The Morgan fingerprint density at radius 3 is 2.58 bits per heavy atom. The van der Waals surface area contributed by atoms with Gasteiger partial charge in [-0.3, -0.25) is 14.5 Å². The van der Waals surface area contributed by atoms with Crippen LogP contribution < -0.4 is 10.6 Å². The Bertz CT molecular complexity index is 804. The van der Waals surface area contributed by atoms with E-state index in [0.29, 0.717) is 18.0 Å². The zero-order chi connectivity index (χ0) is 22.1. The van der Waals surface area contributed by atoms with Gasteiger partial charge in [-0.2, -0.15) is 0 Å². The van der Waals surface area contributed by atoms with Crippen molar-refractivity contribution >= 4 is 17.5 Å². The molecule has 1 saturated carbocycles. The Labute approximate surface area is 184 Å². The summed E-state index contributed by atoms with van der Waals surface area (Å²) in [6.07, 6.45) is 4.56. The normalized spacial score (nSPS) is 26.5. The molecule has 2 N–H and O–H groups in total. The standard InChI is InChI=1S/C24H35FN4O2/c1-15(2)24(31)29-11-9-28(10-12-29)18-6-4-5-17(13-18)26-23(30)21-14-19-20(25)8-7-16(3)22(19)27-21/h7-8,15,17-18,21,27H,4-6,9-14H2,1-3H3,(H,26,30)/t17-,18+,21?/m1/s1. The third-order valence-electron chi connectivity index (χ3n) is 7.14. The minimum absolute atomic E-state index is 0.0343. The predicted molar refractivity (Wildman–Crippen MR) is 119 cm³/mol. The van der Waals surface area contributed by atoms with Crippen LogP contribution in [0.3, 0.4) is 0 Å². The monoisotopic (exact) mass is 430 g/mol. The van der Waals surface area contributed by atoms with E-state index in [9.17, 15) is 14.0 Å². The van der Waals surface area contributed by atoms with Gasteiger partial charge >= 0.3 is 0 Å². The van der Waals surface area contributed by atoms with Crippen LogP contribution >= 0.6 is 0 Å². The second kappa shape index (κ2) is 9.15. The first-order valence-corrected chi connectivity index (χ1v) is 11.7. The van der Waals surface area contributed by atoms with E-state index >= 15 is 0 Å². The van der Waals surface area contributed by atoms with Crippen molar-refractivity contribution in [1.29, 1.82) is 0 Å². The number of carbonyl (C=O) groups is 2. The Morgan fingerprint density at radius 1 is 1.16 bits per heavy atom. The molecule has 0 aromatic heterocycles. The quantitative estimate of drug-likeness (QED) is 0.771. The van der Waals surface area contributed by atoms with Gasteiger partial charge in [-0.05, 0) is 44.2 Å². The first kappa shape index (κ1) is 22.1. The number of nitrogens with zero attached hydrogens (tertiary/aromatic N) is 2. The first-order chi connectivity index (χ1) is 14.8. The van der Waals surface area contributed by atoms with Crippen molar-refractivity contribution < 1.29 is 14.0 Å². The van der Waals surface area contributed by atoms with Crippen molar-refractivity contribution in [3.63, 3.8) is 0 Å². The second-order valence-corrected chi connectivity index (χ2v) is 9.66. The number of amides is 2. The minimum Gasteiger partial charge on any atom is -0.373 e. The number of hydrogen-bond donors (Lipinski definition) is 2. The minimum atomic E-state index is -0.406. The van der Waals surface area contributed by atoms with Crippen molar-refractivity contribution in [1.82, 2.24) is 15.1 Å². The molecule has 1 aliphatic carbocycles. The smallest absolute Gasteiger partial charge is 0.243 e. The zero-order valence-electron chi connectivity index (χ0n) is 18.9. The van der Waals surface area contributed by atoms with E-state index in [0.717, 1.165) is 63.1 Å². The van der Waals surface area contributed by atoms with Crippen LogP contribution in [0.1, 0.15) is 50.7 Å². The van der Waals surface area contributed by atoms with E-state index in [-0.39, 0.29) is 29.6 Å². The van der Waals surface area contributed by atoms with Crippen LogP contribution in [0.4, 0.5) is 10.1 Å². The summed E-state index contributed by atoms with van der Waals surface area (Å²) < 4.78 is 14.1. The average Bonchev–Trinajstić information content (AvgIpc) is 3.23. The third kappa shape index (κ3) is 4.71. The molecular formula is C24H35FN4O2. The summed E-state index contributed by atoms with van der Waals surface area (Å²) in [6, 6.07) is 3.43. The fourth-order valence-electron chi connectivity index (χ4n) is 5.33. The van der Waals surface area contributed by atoms with Crippen LogP contribution in [-0.2, 0) is 16.0 Å². The number of anilines is 1. The number of rotatable bonds is 4. The number of hydrogen-bond acceptors (Lipinski definition) is 4. The SMILES string of the molecule is Cc1ccc(F)c2c1NC(C(=O)N[C@@H]1CCC[C@H](N3CCN(C(=O)C(C)C)CC3)C1)C2. The number of carbonyl (C=O) groups excluding carboxylic acids is 2. The molecule has 7 heteroatoms. The summed E-state index contributed by atoms with van der Waals surface area (Å²) in [5, 5.41) is 6.46. The summed E-state index contributed by atoms with van der Waals surface area (Å²) in [6.45, 7) is 9.24. The lowest BCUT2D eigenvalue weighted by molar-refractivity contribution is -0.136. The lowest BCUT2D eigenvalue weighted by Crippen LogP contribution is -2.55. The predicted octanol–water partition coefficient (Wildman–Crippen LogP) is 2.70. The van der Waals surface area contributed by atoms with E-state index < -0.39 is 6.04 Å². The van der Waals surface area contributed by atoms with Crippen LogP contribution in [0.15, 0.2) is 12.1 Å². The Kier molecular flexibility index (Phi) is 6.51. The van der Waals surface area contributed by atoms with Crippen molar-refractivity contribution in [2.45, 2.75) is 71.0 Å². The number of fused-ring (bicyclic) bond motifs is 1. The molecule has 2 aliphatic heterocycles. The summed E-state index contributed by atoms with van der Waals surface area (Å²) in [7, 11) is 0. The summed E-state index contributed by atoms with van der Waals surface area (Å²) >= 11 is 0. The van der Waals surface area contributed by atoms with E-state index in [2.05, 4.69) is 15.5 Å². The van der Waals surface area contributed by atoms with Crippen LogP contribution in [0.2, 0.25) is 0 Å². The molecule has 1 aromatic carbocycles. The van der Waals surface area contributed by atoms with E-state index in [4.69, 9.17) is 0 Å². The van der Waals surface area contributed by atoms with Gasteiger partial charge in [-0.25, -0.2) is 4.39 Å². The Hall–Kier alpha value is -2.15. The molecule has 1 unspecified atom stereocenters. The van der Waals surface area contributed by atoms with Gasteiger partial charge in [0.2, 0.25) is 11.8 Å². The highest BCUT2D eigenvalue weighted by atomic mass is 19.1. The van der Waals surface area contributed by atoms with Crippen molar-refractivity contribution in [2.24, 2.45) is 5.92 Å². The molecule has 1 aromatic rings. The molecule has 2 fully saturated rings. The maximum absolute atomic E-state index is 14.1. The van der Waals surface area contributed by atoms with Gasteiger partial charge in [0.25, 0.3) is 0 Å². The second-order valence-electron chi connectivity index (χ2n) is 9.66. The molecule has 3 atom stereocenters. The highest BCUT2D eigenvalue weighted by molar-refractivity contribution is 5.88. The lowest BCUT2D eigenvalue weighted by atomic mass is 9.89. The number of halogens is 1. The van der Waals surface area contributed by atoms with Crippen molar-refractivity contribution in [2.75, 3.05) is 31.5 Å². The molecular weight excluding hydrogens is 395 g/mol. The van der Waals surface area contributed by atoms with E-state index in [1.165, 1.54) is 6.07 Å². The summed E-state index contributed by atoms with van der Waals surface area (Å²) in [5.41, 5.74) is 2.37. The van der Waals surface area contributed by atoms with Gasteiger partial charge in [-0.15, -0.1) is 0 Å². The first-order valence-electron chi connectivity index (χ1n) is 11.7.